The van der Waals surface area contributed by atoms with E-state index in [2.05, 4.69) is 17.2 Å². The molecule has 0 saturated carbocycles. The van der Waals surface area contributed by atoms with Gasteiger partial charge in [-0.2, -0.15) is 0 Å². The summed E-state index contributed by atoms with van der Waals surface area (Å²) in [4.78, 5) is 12.2. The Morgan fingerprint density at radius 3 is 2.86 bits per heavy atom. The molecule has 0 aliphatic heterocycles. The molecule has 1 aromatic carbocycles. The standard InChI is InChI=1S/C17H18N2O2/c1-13-8-9-15(12-14(13)6-3-4-11-20)18-17(21)16-7-5-10-19(16)2/h5,7-10,12,20H,4,11H2,1-2H3,(H,18,21). The first kappa shape index (κ1) is 14.9. The van der Waals surface area contributed by atoms with Crippen molar-refractivity contribution < 1.29 is 9.90 Å². The van der Waals surface area contributed by atoms with Crippen molar-refractivity contribution in [3.05, 3.63) is 53.3 Å². The van der Waals surface area contributed by atoms with Crippen molar-refractivity contribution in [3.8, 4) is 11.8 Å². The predicted octanol–water partition coefficient (Wildman–Crippen LogP) is 2.32. The second kappa shape index (κ2) is 6.78. The van der Waals surface area contributed by atoms with E-state index in [0.717, 1.165) is 11.1 Å². The number of aryl methyl sites for hydroxylation is 2. The van der Waals surface area contributed by atoms with Crippen LogP contribution in [0.3, 0.4) is 0 Å². The average Bonchev–Trinajstić information content (AvgIpc) is 2.89. The van der Waals surface area contributed by atoms with Crippen molar-refractivity contribution in [2.45, 2.75) is 13.3 Å². The molecule has 4 heteroatoms. The topological polar surface area (TPSA) is 54.3 Å². The van der Waals surface area contributed by atoms with Crippen LogP contribution in [0.2, 0.25) is 0 Å². The molecule has 2 aromatic rings. The van der Waals surface area contributed by atoms with E-state index < -0.39 is 0 Å². The average molecular weight is 282 g/mol. The SMILES string of the molecule is Cc1ccc(NC(=O)c2cccn2C)cc1C#CCCO. The van der Waals surface area contributed by atoms with Gasteiger partial charge in [0.2, 0.25) is 0 Å². The first-order chi connectivity index (χ1) is 10.1. The van der Waals surface area contributed by atoms with Crippen LogP contribution < -0.4 is 5.32 Å². The molecule has 108 valence electrons. The van der Waals surface area contributed by atoms with E-state index in [1.54, 1.807) is 10.6 Å². The Bertz CT molecular complexity index is 705. The number of benzene rings is 1. The Balaban J connectivity index is 2.18. The Hall–Kier alpha value is -2.51. The quantitative estimate of drug-likeness (QED) is 0.849. The molecule has 0 fully saturated rings. The fourth-order valence-corrected chi connectivity index (χ4v) is 1.94. The number of amides is 1. The van der Waals surface area contributed by atoms with Crippen LogP contribution in [0.15, 0.2) is 36.5 Å². The molecule has 1 aromatic heterocycles. The van der Waals surface area contributed by atoms with Gasteiger partial charge in [0.1, 0.15) is 5.69 Å². The highest BCUT2D eigenvalue weighted by atomic mass is 16.2. The van der Waals surface area contributed by atoms with Gasteiger partial charge in [0.15, 0.2) is 0 Å². The summed E-state index contributed by atoms with van der Waals surface area (Å²) in [6.45, 7) is 2.02. The zero-order valence-electron chi connectivity index (χ0n) is 12.2. The summed E-state index contributed by atoms with van der Waals surface area (Å²) in [5.41, 5.74) is 3.20. The van der Waals surface area contributed by atoms with Gasteiger partial charge in [-0.3, -0.25) is 4.79 Å². The Morgan fingerprint density at radius 2 is 2.19 bits per heavy atom. The van der Waals surface area contributed by atoms with Gasteiger partial charge in [0, 0.05) is 30.9 Å². The molecule has 0 atom stereocenters. The largest absolute Gasteiger partial charge is 0.395 e. The molecule has 0 aliphatic rings. The third-order valence-electron chi connectivity index (χ3n) is 3.13. The summed E-state index contributed by atoms with van der Waals surface area (Å²) in [5, 5.41) is 11.6. The van der Waals surface area contributed by atoms with Gasteiger partial charge in [-0.05, 0) is 36.8 Å². The van der Waals surface area contributed by atoms with E-state index in [1.165, 1.54) is 0 Å². The summed E-state index contributed by atoms with van der Waals surface area (Å²) in [6.07, 6.45) is 2.27. The van der Waals surface area contributed by atoms with Gasteiger partial charge in [-0.1, -0.05) is 17.9 Å². The smallest absolute Gasteiger partial charge is 0.272 e. The minimum atomic E-state index is -0.152. The van der Waals surface area contributed by atoms with Crippen molar-refractivity contribution in [1.82, 2.24) is 4.57 Å². The maximum atomic E-state index is 12.2. The first-order valence-corrected chi connectivity index (χ1v) is 6.75. The van der Waals surface area contributed by atoms with Crippen LogP contribution in [0.5, 0.6) is 0 Å². The maximum Gasteiger partial charge on any atom is 0.272 e. The van der Waals surface area contributed by atoms with Crippen LogP contribution in [-0.2, 0) is 7.05 Å². The van der Waals surface area contributed by atoms with Crippen LogP contribution in [0, 0.1) is 18.8 Å². The highest BCUT2D eigenvalue weighted by Gasteiger charge is 2.09. The van der Waals surface area contributed by atoms with Gasteiger partial charge in [-0.15, -0.1) is 0 Å². The lowest BCUT2D eigenvalue weighted by molar-refractivity contribution is 0.101. The van der Waals surface area contributed by atoms with Gasteiger partial charge in [0.05, 0.1) is 6.61 Å². The molecule has 4 nitrogen and oxygen atoms in total. The third kappa shape index (κ3) is 3.74. The highest BCUT2D eigenvalue weighted by Crippen LogP contribution is 2.15. The predicted molar refractivity (Wildman–Crippen MR) is 83.1 cm³/mol. The normalized spacial score (nSPS) is 9.86. The van der Waals surface area contributed by atoms with E-state index in [-0.39, 0.29) is 12.5 Å². The molecule has 1 amide bonds. The molecule has 0 unspecified atom stereocenters. The lowest BCUT2D eigenvalue weighted by atomic mass is 10.1. The fourth-order valence-electron chi connectivity index (χ4n) is 1.94. The van der Waals surface area contributed by atoms with E-state index in [0.29, 0.717) is 17.8 Å². The number of carbonyl (C=O) groups excluding carboxylic acids is 1. The second-order valence-electron chi connectivity index (χ2n) is 4.76. The van der Waals surface area contributed by atoms with Crippen molar-refractivity contribution in [2.75, 3.05) is 11.9 Å². The maximum absolute atomic E-state index is 12.2. The van der Waals surface area contributed by atoms with E-state index in [1.807, 2.05) is 44.4 Å². The fraction of sp³-hybridized carbons (Fsp3) is 0.235. The number of rotatable bonds is 3. The molecule has 0 radical (unpaired) electrons. The van der Waals surface area contributed by atoms with E-state index in [4.69, 9.17) is 5.11 Å². The molecule has 0 bridgehead atoms. The monoisotopic (exact) mass is 282 g/mol. The lowest BCUT2D eigenvalue weighted by Gasteiger charge is -2.08. The van der Waals surface area contributed by atoms with Crippen LogP contribution in [-0.4, -0.2) is 22.2 Å². The number of aliphatic hydroxyl groups is 1. The number of aromatic nitrogens is 1. The number of aliphatic hydroxyl groups excluding tert-OH is 1. The van der Waals surface area contributed by atoms with E-state index >= 15 is 0 Å². The summed E-state index contributed by atoms with van der Waals surface area (Å²) >= 11 is 0. The van der Waals surface area contributed by atoms with Crippen LogP contribution in [0.25, 0.3) is 0 Å². The van der Waals surface area contributed by atoms with Crippen LogP contribution in [0.4, 0.5) is 5.69 Å². The minimum absolute atomic E-state index is 0.0516. The van der Waals surface area contributed by atoms with Crippen molar-refractivity contribution in [2.24, 2.45) is 7.05 Å². The number of hydrogen-bond acceptors (Lipinski definition) is 2. The van der Waals surface area contributed by atoms with E-state index in [9.17, 15) is 4.79 Å². The number of nitrogens with zero attached hydrogens (tertiary/aromatic N) is 1. The van der Waals surface area contributed by atoms with Gasteiger partial charge in [0.25, 0.3) is 5.91 Å². The number of hydrogen-bond donors (Lipinski definition) is 2. The summed E-state index contributed by atoms with van der Waals surface area (Å²) in [5.74, 6) is 5.75. The minimum Gasteiger partial charge on any atom is -0.395 e. The van der Waals surface area contributed by atoms with Gasteiger partial charge >= 0.3 is 0 Å². The van der Waals surface area contributed by atoms with Crippen molar-refractivity contribution in [3.63, 3.8) is 0 Å². The van der Waals surface area contributed by atoms with Crippen molar-refractivity contribution >= 4 is 11.6 Å². The molecule has 2 N–H and O–H groups in total. The number of anilines is 1. The van der Waals surface area contributed by atoms with Crippen LogP contribution >= 0.6 is 0 Å². The summed E-state index contributed by atoms with van der Waals surface area (Å²) in [6, 6.07) is 9.22. The first-order valence-electron chi connectivity index (χ1n) is 6.75. The molecule has 1 heterocycles. The lowest BCUT2D eigenvalue weighted by Crippen LogP contribution is -2.15. The number of nitrogens with one attached hydrogen (secondary N) is 1. The molecular weight excluding hydrogens is 264 g/mol. The second-order valence-corrected chi connectivity index (χ2v) is 4.76. The molecule has 0 spiro atoms. The molecule has 2 rings (SSSR count). The Labute approximate surface area is 124 Å². The summed E-state index contributed by atoms with van der Waals surface area (Å²) in [7, 11) is 1.83. The Morgan fingerprint density at radius 1 is 1.38 bits per heavy atom. The van der Waals surface area contributed by atoms with Gasteiger partial charge < -0.3 is 15.0 Å². The van der Waals surface area contributed by atoms with Gasteiger partial charge in [-0.25, -0.2) is 0 Å². The summed E-state index contributed by atoms with van der Waals surface area (Å²) < 4.78 is 1.77. The zero-order valence-corrected chi connectivity index (χ0v) is 12.2. The molecule has 0 aliphatic carbocycles. The zero-order chi connectivity index (χ0) is 15.2. The highest BCUT2D eigenvalue weighted by molar-refractivity contribution is 6.03. The third-order valence-corrected chi connectivity index (χ3v) is 3.13. The molecule has 0 saturated heterocycles. The van der Waals surface area contributed by atoms with Crippen molar-refractivity contribution in [1.29, 1.82) is 0 Å². The Kier molecular flexibility index (Phi) is 4.81. The van der Waals surface area contributed by atoms with Crippen LogP contribution in [0.1, 0.15) is 28.0 Å². The number of carbonyl (C=O) groups is 1. The molecule has 21 heavy (non-hydrogen) atoms. The molecular formula is C17H18N2O2.